The lowest BCUT2D eigenvalue weighted by Crippen LogP contribution is -2.64. The molecule has 16 rings (SSSR count). The Bertz CT molecular complexity index is 6110. The molecule has 0 bridgehead atoms. The highest BCUT2D eigenvalue weighted by Gasteiger charge is 2.47. The van der Waals surface area contributed by atoms with Gasteiger partial charge in [0, 0.05) is 72.6 Å². The number of hydrogen-bond donors (Lipinski definition) is 0. The molecule has 0 saturated carbocycles. The van der Waals surface area contributed by atoms with Crippen LogP contribution in [0.25, 0.3) is 11.1 Å². The van der Waals surface area contributed by atoms with Crippen LogP contribution >= 0.6 is 11.8 Å². The summed E-state index contributed by atoms with van der Waals surface area (Å²) in [6, 6.07) is -5.06. The second kappa shape index (κ2) is 18.9. The highest BCUT2D eigenvalue weighted by molar-refractivity contribution is 8.00. The van der Waals surface area contributed by atoms with Gasteiger partial charge < -0.3 is 24.3 Å². The summed E-state index contributed by atoms with van der Waals surface area (Å²) in [5.74, 6) is -0.689. The molecule has 0 aliphatic carbocycles. The van der Waals surface area contributed by atoms with E-state index in [1.54, 1.807) is 71.6 Å². The van der Waals surface area contributed by atoms with Crippen LogP contribution < -0.4 is 57.1 Å². The molecule has 5 nitrogen and oxygen atoms in total. The number of benzene rings is 12. The lowest BCUT2D eigenvalue weighted by atomic mass is 9.31. The van der Waals surface area contributed by atoms with Crippen LogP contribution in [0.2, 0.25) is 0 Å². The number of ether oxygens (including phenoxy) is 1. The maximum Gasteiger partial charge on any atom is 0.253 e. The molecule has 4 aliphatic heterocycles. The van der Waals surface area contributed by atoms with E-state index in [1.165, 1.54) is 24.3 Å². The van der Waals surface area contributed by atoms with Crippen LogP contribution in [0.3, 0.4) is 0 Å². The van der Waals surface area contributed by atoms with E-state index in [-0.39, 0.29) is 76.8 Å². The van der Waals surface area contributed by atoms with Gasteiger partial charge in [0.1, 0.15) is 11.5 Å². The second-order valence-corrected chi connectivity index (χ2v) is 19.5. The molecule has 0 N–H and O–H groups in total. The normalized spacial score (nSPS) is 18.7. The van der Waals surface area contributed by atoms with Crippen LogP contribution in [0.4, 0.5) is 68.2 Å². The molecule has 0 aromatic heterocycles. The van der Waals surface area contributed by atoms with Crippen molar-refractivity contribution in [3.63, 3.8) is 0 Å². The molecule has 4 aliphatic rings. The van der Waals surface area contributed by atoms with Crippen molar-refractivity contribution < 1.29 is 50.0 Å². The van der Waals surface area contributed by atoms with Gasteiger partial charge in [-0.2, -0.15) is 0 Å². The van der Waals surface area contributed by atoms with E-state index in [1.807, 2.05) is 0 Å². The Morgan fingerprint density at radius 1 is 0.350 bits per heavy atom. The predicted octanol–water partition coefficient (Wildman–Crippen LogP) is 15.5. The first kappa shape index (κ1) is 24.0. The third-order valence-electron chi connectivity index (χ3n) is 14.2. The summed E-state index contributed by atoms with van der Waals surface area (Å²) >= 11 is 0.956. The summed E-state index contributed by atoms with van der Waals surface area (Å²) in [5.41, 5.74) is -4.16. The standard InChI is InChI=1S/C72H48B2N4OS/c1-7-25-49(26-8-1)57-37-19-22-40-62(57)78-64-48-69-61(74-59-39-21-24-42-67(59)79-68-45-56(46-70(80-69)72(68)74)76(52-31-13-4-14-32-52)53-33-15-5-16-34-53)47-60(64)73-58-38-20-23-41-63(58)77(54-35-17-6-18-36-54)65-43-55(44-66(78)71(65)73)75(50-27-9-2-10-28-50)51-29-11-3-12-30-51/h1-48H/i2D,3D,4D,5D,6D,9D,10D,11D,12D,13D,14D,15D,16D,17D,18D,20D,21D,23D,24D,27D,28D,29D,30D,31D,32D,33D,34D,35D,36D,38D,39D,41D,42D. The molecule has 0 unspecified atom stereocenters. The summed E-state index contributed by atoms with van der Waals surface area (Å²) in [6.45, 7) is -3.02. The molecule has 12 aromatic carbocycles. The summed E-state index contributed by atoms with van der Waals surface area (Å²) in [6.07, 6.45) is 0. The third-order valence-corrected chi connectivity index (χ3v) is 15.3. The Kier molecular flexibility index (Phi) is 5.69. The van der Waals surface area contributed by atoms with Crippen molar-refractivity contribution >= 4 is 126 Å². The van der Waals surface area contributed by atoms with Crippen molar-refractivity contribution in [3.8, 4) is 22.6 Å². The molecular formula is C72H48B2N4OS. The van der Waals surface area contributed by atoms with Crippen molar-refractivity contribution in [2.24, 2.45) is 0 Å². The predicted molar refractivity (Wildman–Crippen MR) is 337 cm³/mol. The average Bonchev–Trinajstić information content (AvgIpc) is 0.678. The Morgan fingerprint density at radius 2 is 0.875 bits per heavy atom. The van der Waals surface area contributed by atoms with Crippen LogP contribution in [0.5, 0.6) is 11.5 Å². The SMILES string of the molecule is [2H]c1c([2H])c([2H])c(N(c2cc3c4c(c2)Sc2cc5c(cc2B4c2c([2H])c([2H])c([2H])c([2H])c2O3)B2c3c(cc(N(c4c([2H])c([2H])c([2H])c([2H])c4[2H])c4c([2H])c([2H])c([2H])c([2H])c4[2H])cc3N(c3c([2H])c([2H])c([2H])c([2H])c3[2H])c3c([2H])c([2H])c([2H])c([2H])c32)N5c2ccccc2-c2ccccc2)c2c([2H])c([2H])c([2H])c([2H])c2[2H])c([2H])c1[2H]. The summed E-state index contributed by atoms with van der Waals surface area (Å²) in [4.78, 5) is 4.71. The number of nitrogens with zero attached hydrogens (tertiary/aromatic N) is 4. The van der Waals surface area contributed by atoms with Gasteiger partial charge in [0.2, 0.25) is 0 Å². The topological polar surface area (TPSA) is 22.2 Å². The first-order valence-electron chi connectivity index (χ1n) is 41.2. The fourth-order valence-corrected chi connectivity index (χ4v) is 12.3. The van der Waals surface area contributed by atoms with Crippen LogP contribution in [0.1, 0.15) is 45.2 Å². The minimum absolute atomic E-state index is 0.0284. The van der Waals surface area contributed by atoms with Crippen LogP contribution in [-0.2, 0) is 0 Å². The van der Waals surface area contributed by atoms with Gasteiger partial charge in [-0.25, -0.2) is 0 Å². The monoisotopic (exact) mass is 1070 g/mol. The van der Waals surface area contributed by atoms with Gasteiger partial charge >= 0.3 is 0 Å². The molecule has 0 saturated heterocycles. The van der Waals surface area contributed by atoms with Crippen LogP contribution in [0, 0.1) is 0 Å². The molecule has 8 heteroatoms. The van der Waals surface area contributed by atoms with E-state index in [2.05, 4.69) is 0 Å². The van der Waals surface area contributed by atoms with Gasteiger partial charge in [-0.3, -0.25) is 0 Å². The molecular weight excluding hydrogens is 991 g/mol. The molecule has 80 heavy (non-hydrogen) atoms. The van der Waals surface area contributed by atoms with E-state index in [4.69, 9.17) is 23.9 Å². The highest BCUT2D eigenvalue weighted by Crippen LogP contribution is 2.51. The third kappa shape index (κ3) is 7.44. The summed E-state index contributed by atoms with van der Waals surface area (Å²) < 4.78 is 313. The lowest BCUT2D eigenvalue weighted by Gasteiger charge is -2.46. The van der Waals surface area contributed by atoms with Gasteiger partial charge in [-0.05, 0) is 136 Å². The number of rotatable bonds is 9. The highest BCUT2D eigenvalue weighted by atomic mass is 32.2. The summed E-state index contributed by atoms with van der Waals surface area (Å²) in [7, 11) is 0. The van der Waals surface area contributed by atoms with E-state index >= 15 is 0 Å². The maximum absolute atomic E-state index is 10.3. The van der Waals surface area contributed by atoms with E-state index in [0.717, 1.165) is 26.5 Å². The Balaban J connectivity index is 1.10. The molecule has 374 valence electrons. The van der Waals surface area contributed by atoms with Gasteiger partial charge in [0.05, 0.1) is 62.3 Å². The number of fused-ring (bicyclic) bond motifs is 8. The van der Waals surface area contributed by atoms with Crippen LogP contribution in [-0.4, -0.2) is 13.4 Å². The molecule has 0 spiro atoms. The second-order valence-electron chi connectivity index (χ2n) is 18.4. The zero-order chi connectivity index (χ0) is 81.4. The maximum atomic E-state index is 10.3. The fraction of sp³-hybridized carbons (Fsp3) is 0. The minimum atomic E-state index is -1.61. The van der Waals surface area contributed by atoms with Crippen molar-refractivity contribution in [1.82, 2.24) is 0 Å². The first-order valence-corrected chi connectivity index (χ1v) is 25.5. The Hall–Kier alpha value is -9.88. The minimum Gasteiger partial charge on any atom is -0.458 e. The van der Waals surface area contributed by atoms with Crippen LogP contribution in [0.15, 0.2) is 300 Å². The van der Waals surface area contributed by atoms with Crippen molar-refractivity contribution in [2.45, 2.75) is 9.79 Å². The smallest absolute Gasteiger partial charge is 0.253 e. The molecule has 4 heterocycles. The van der Waals surface area contributed by atoms with E-state index < -0.39 is 258 Å². The molecule has 12 aromatic rings. The number of anilines is 12. The molecule has 0 atom stereocenters. The van der Waals surface area contributed by atoms with Gasteiger partial charge in [0.15, 0.2) is 0 Å². The van der Waals surface area contributed by atoms with E-state index in [9.17, 15) is 26.0 Å². The van der Waals surface area contributed by atoms with Gasteiger partial charge in [-0.15, -0.1) is 0 Å². The molecule has 0 radical (unpaired) electrons. The van der Waals surface area contributed by atoms with Crippen molar-refractivity contribution in [2.75, 3.05) is 19.6 Å². The molecule has 0 amide bonds. The first-order chi connectivity index (χ1) is 53.4. The Morgan fingerprint density at radius 3 is 1.52 bits per heavy atom. The zero-order valence-corrected chi connectivity index (χ0v) is 41.7. The lowest BCUT2D eigenvalue weighted by molar-refractivity contribution is 0.486. The number of hydrogen-bond acceptors (Lipinski definition) is 6. The van der Waals surface area contributed by atoms with Gasteiger partial charge in [-0.1, -0.05) is 199 Å². The summed E-state index contributed by atoms with van der Waals surface area (Å²) in [5, 5.41) is 0. The fourth-order valence-electron chi connectivity index (χ4n) is 11.1. The van der Waals surface area contributed by atoms with Crippen molar-refractivity contribution in [1.29, 1.82) is 0 Å². The number of para-hydroxylation sites is 8. The Labute approximate surface area is 517 Å². The van der Waals surface area contributed by atoms with Gasteiger partial charge in [0.25, 0.3) is 13.4 Å². The largest absolute Gasteiger partial charge is 0.458 e. The average molecular weight is 1070 g/mol. The molecule has 0 fully saturated rings. The quantitative estimate of drug-likeness (QED) is 0.133. The van der Waals surface area contributed by atoms with E-state index in [0.29, 0.717) is 11.1 Å². The zero-order valence-electron chi connectivity index (χ0n) is 73.9. The van der Waals surface area contributed by atoms with Crippen molar-refractivity contribution in [3.05, 3.63) is 290 Å².